The maximum atomic E-state index is 11.3. The first-order chi connectivity index (χ1) is 9.72. The molecule has 7 heteroatoms. The summed E-state index contributed by atoms with van der Waals surface area (Å²) in [4.78, 5) is 11.3. The van der Waals surface area contributed by atoms with Crippen molar-refractivity contribution >= 4 is 5.78 Å². The molecule has 1 rings (SSSR count). The smallest absolute Gasteiger partial charge is 0.174 e. The molecule has 20 heavy (non-hydrogen) atoms. The second-order valence-electron chi connectivity index (χ2n) is 4.32. The van der Waals surface area contributed by atoms with Crippen molar-refractivity contribution < 1.29 is 19.6 Å². The fourth-order valence-electron chi connectivity index (χ4n) is 1.41. The molecule has 0 spiro atoms. The van der Waals surface area contributed by atoms with Gasteiger partial charge in [0.1, 0.15) is 6.10 Å². The standard InChI is InChI=1S/C11H23NO3.C2H2N2O/c1-2-3-4-7-12-9-11(15)10(14)6-5-8-13;1-2-4-5-3-1/h10,12-14H,2-9H2,1H3;1-2H. The average molecular weight is 287 g/mol. The highest BCUT2D eigenvalue weighted by Crippen LogP contribution is 1.97. The minimum absolute atomic E-state index is 0.0221. The normalized spacial score (nSPS) is 11.6. The molecule has 0 radical (unpaired) electrons. The van der Waals surface area contributed by atoms with E-state index in [0.29, 0.717) is 12.8 Å². The summed E-state index contributed by atoms with van der Waals surface area (Å²) in [7, 11) is 0. The van der Waals surface area contributed by atoms with E-state index in [1.807, 2.05) is 0 Å². The van der Waals surface area contributed by atoms with Gasteiger partial charge in [-0.05, 0) is 25.8 Å². The molecule has 3 N–H and O–H groups in total. The van der Waals surface area contributed by atoms with Gasteiger partial charge in [-0.2, -0.15) is 0 Å². The van der Waals surface area contributed by atoms with Crippen LogP contribution in [0.2, 0.25) is 0 Å². The third kappa shape index (κ3) is 11.8. The number of rotatable bonds is 10. The Morgan fingerprint density at radius 2 is 2.00 bits per heavy atom. The van der Waals surface area contributed by atoms with E-state index in [9.17, 15) is 9.90 Å². The number of aromatic nitrogens is 2. The van der Waals surface area contributed by atoms with Crippen molar-refractivity contribution in [1.82, 2.24) is 15.6 Å². The summed E-state index contributed by atoms with van der Waals surface area (Å²) in [6, 6.07) is 0. The Labute approximate surface area is 119 Å². The van der Waals surface area contributed by atoms with Gasteiger partial charge in [0.2, 0.25) is 0 Å². The van der Waals surface area contributed by atoms with E-state index in [4.69, 9.17) is 5.11 Å². The molecule has 0 amide bonds. The van der Waals surface area contributed by atoms with Crippen molar-refractivity contribution in [3.8, 4) is 0 Å². The highest BCUT2D eigenvalue weighted by molar-refractivity contribution is 5.84. The van der Waals surface area contributed by atoms with Crippen LogP contribution in [-0.4, -0.2) is 52.1 Å². The van der Waals surface area contributed by atoms with Gasteiger partial charge >= 0.3 is 0 Å². The van der Waals surface area contributed by atoms with E-state index >= 15 is 0 Å². The second-order valence-corrected chi connectivity index (χ2v) is 4.32. The first kappa shape index (κ1) is 18.7. The maximum Gasteiger partial charge on any atom is 0.174 e. The molecule has 0 saturated carbocycles. The van der Waals surface area contributed by atoms with Crippen LogP contribution in [0.4, 0.5) is 0 Å². The maximum absolute atomic E-state index is 11.3. The molecule has 1 atom stereocenters. The van der Waals surface area contributed by atoms with Crippen LogP contribution in [0.25, 0.3) is 0 Å². The summed E-state index contributed by atoms with van der Waals surface area (Å²) in [6.45, 7) is 3.21. The average Bonchev–Trinajstić information content (AvgIpc) is 3.03. The van der Waals surface area contributed by atoms with Gasteiger partial charge in [0.05, 0.1) is 18.9 Å². The summed E-state index contributed by atoms with van der Waals surface area (Å²) in [6.07, 6.45) is 6.24. The number of ketones is 1. The predicted octanol–water partition coefficient (Wildman–Crippen LogP) is 0.538. The quantitative estimate of drug-likeness (QED) is 0.539. The minimum atomic E-state index is -0.921. The molecule has 7 nitrogen and oxygen atoms in total. The van der Waals surface area contributed by atoms with Crippen molar-refractivity contribution in [3.63, 3.8) is 0 Å². The number of aliphatic hydroxyl groups is 2. The molecule has 0 bridgehead atoms. The number of aliphatic hydroxyl groups excluding tert-OH is 2. The molecule has 0 saturated heterocycles. The lowest BCUT2D eigenvalue weighted by Gasteiger charge is -2.09. The lowest BCUT2D eigenvalue weighted by atomic mass is 10.1. The van der Waals surface area contributed by atoms with Crippen molar-refractivity contribution in [2.45, 2.75) is 45.1 Å². The van der Waals surface area contributed by atoms with Gasteiger partial charge in [-0.15, -0.1) is 0 Å². The Kier molecular flexibility index (Phi) is 13.2. The zero-order valence-corrected chi connectivity index (χ0v) is 12.0. The molecule has 1 aromatic heterocycles. The number of unbranched alkanes of at least 4 members (excludes halogenated alkanes) is 2. The van der Waals surface area contributed by atoms with E-state index in [-0.39, 0.29) is 18.9 Å². The van der Waals surface area contributed by atoms with Crippen molar-refractivity contribution in [1.29, 1.82) is 0 Å². The predicted molar refractivity (Wildman–Crippen MR) is 74.0 cm³/mol. The van der Waals surface area contributed by atoms with Crippen LogP contribution >= 0.6 is 0 Å². The summed E-state index contributed by atoms with van der Waals surface area (Å²) in [5.74, 6) is -0.181. The number of nitrogens with zero attached hydrogens (tertiary/aromatic N) is 2. The number of hydrogen-bond acceptors (Lipinski definition) is 7. The molecule has 0 aliphatic carbocycles. The van der Waals surface area contributed by atoms with Gasteiger partial charge in [0.25, 0.3) is 0 Å². The van der Waals surface area contributed by atoms with E-state index in [2.05, 4.69) is 27.2 Å². The Bertz CT molecular complexity index is 289. The number of nitrogens with one attached hydrogen (secondary N) is 1. The molecule has 0 aliphatic heterocycles. The van der Waals surface area contributed by atoms with Gasteiger partial charge in [-0.1, -0.05) is 30.1 Å². The second kappa shape index (κ2) is 14.1. The summed E-state index contributed by atoms with van der Waals surface area (Å²) >= 11 is 0. The topological polar surface area (TPSA) is 108 Å². The fraction of sp³-hybridized carbons (Fsp3) is 0.769. The van der Waals surface area contributed by atoms with Crippen molar-refractivity contribution in [3.05, 3.63) is 12.4 Å². The van der Waals surface area contributed by atoms with Gasteiger partial charge in [-0.25, -0.2) is 4.63 Å². The molecule has 0 fully saturated rings. The van der Waals surface area contributed by atoms with Crippen molar-refractivity contribution in [2.75, 3.05) is 19.7 Å². The fourth-order valence-corrected chi connectivity index (χ4v) is 1.41. The van der Waals surface area contributed by atoms with Crippen molar-refractivity contribution in [2.24, 2.45) is 0 Å². The third-order valence-corrected chi connectivity index (χ3v) is 2.55. The monoisotopic (exact) mass is 287 g/mol. The number of carbonyl (C=O) groups excluding carboxylic acids is 1. The zero-order chi connectivity index (χ0) is 15.1. The molecule has 1 unspecified atom stereocenters. The molecular formula is C13H25N3O4. The first-order valence-corrected chi connectivity index (χ1v) is 6.96. The molecule has 116 valence electrons. The Balaban J connectivity index is 0.000000595. The van der Waals surface area contributed by atoms with Crippen LogP contribution in [0.1, 0.15) is 39.0 Å². The number of Topliss-reactive ketones (excluding diaryl/α,β-unsaturated/α-hetero) is 1. The van der Waals surface area contributed by atoms with Gasteiger partial charge in [0.15, 0.2) is 5.78 Å². The highest BCUT2D eigenvalue weighted by atomic mass is 16.6. The van der Waals surface area contributed by atoms with Gasteiger partial charge in [0, 0.05) is 6.61 Å². The Morgan fingerprint density at radius 1 is 1.30 bits per heavy atom. The minimum Gasteiger partial charge on any atom is -0.396 e. The lowest BCUT2D eigenvalue weighted by Crippen LogP contribution is -2.32. The van der Waals surface area contributed by atoms with E-state index in [0.717, 1.165) is 25.8 Å². The molecule has 1 heterocycles. The Morgan fingerprint density at radius 3 is 2.50 bits per heavy atom. The van der Waals surface area contributed by atoms with Crippen LogP contribution in [-0.2, 0) is 4.79 Å². The van der Waals surface area contributed by atoms with Crippen LogP contribution in [0, 0.1) is 0 Å². The molecule has 1 aromatic rings. The SMILES string of the molecule is CCCCCNCC(=O)C(O)CCCO.c1cnon1. The summed E-state index contributed by atoms with van der Waals surface area (Å²) in [5.41, 5.74) is 0. The zero-order valence-electron chi connectivity index (χ0n) is 12.0. The summed E-state index contributed by atoms with van der Waals surface area (Å²) in [5, 5.41) is 27.4. The highest BCUT2D eigenvalue weighted by Gasteiger charge is 2.13. The van der Waals surface area contributed by atoms with Gasteiger partial charge < -0.3 is 15.5 Å². The largest absolute Gasteiger partial charge is 0.396 e. The van der Waals surface area contributed by atoms with Crippen LogP contribution in [0.15, 0.2) is 17.0 Å². The molecule has 0 aromatic carbocycles. The number of carbonyl (C=O) groups is 1. The van der Waals surface area contributed by atoms with E-state index < -0.39 is 6.10 Å². The third-order valence-electron chi connectivity index (χ3n) is 2.55. The Hall–Kier alpha value is -1.31. The number of hydrogen-bond donors (Lipinski definition) is 3. The summed E-state index contributed by atoms with van der Waals surface area (Å²) < 4.78 is 4.08. The first-order valence-electron chi connectivity index (χ1n) is 6.96. The molecule has 0 aliphatic rings. The van der Waals surface area contributed by atoms with Crippen LogP contribution < -0.4 is 5.32 Å². The van der Waals surface area contributed by atoms with Crippen LogP contribution in [0.3, 0.4) is 0 Å². The lowest BCUT2D eigenvalue weighted by molar-refractivity contribution is -0.126. The van der Waals surface area contributed by atoms with E-state index in [1.165, 1.54) is 12.4 Å². The van der Waals surface area contributed by atoms with Gasteiger partial charge in [-0.3, -0.25) is 4.79 Å². The van der Waals surface area contributed by atoms with Crippen LogP contribution in [0.5, 0.6) is 0 Å². The molecular weight excluding hydrogens is 262 g/mol. The van der Waals surface area contributed by atoms with E-state index in [1.54, 1.807) is 0 Å².